The second kappa shape index (κ2) is 7.07. The van der Waals surface area contributed by atoms with E-state index in [1.54, 1.807) is 66.7 Å². The van der Waals surface area contributed by atoms with E-state index >= 15 is 0 Å². The molecule has 5 rings (SSSR count). The number of nitrogens with zero attached hydrogens (tertiary/aromatic N) is 1. The number of hydrogen-bond acceptors (Lipinski definition) is 5. The van der Waals surface area contributed by atoms with Crippen LogP contribution >= 0.6 is 0 Å². The van der Waals surface area contributed by atoms with Crippen molar-refractivity contribution in [1.82, 2.24) is 0 Å². The first-order chi connectivity index (χ1) is 14.5. The van der Waals surface area contributed by atoms with Gasteiger partial charge in [-0.3, -0.25) is 9.10 Å². The quantitative estimate of drug-likeness (QED) is 0.696. The molecule has 0 unspecified atom stereocenters. The lowest BCUT2D eigenvalue weighted by Crippen LogP contribution is -2.29. The molecule has 3 aromatic rings. The summed E-state index contributed by atoms with van der Waals surface area (Å²) < 4.78 is 38.0. The summed E-state index contributed by atoms with van der Waals surface area (Å²) in [5.74, 6) is 0.954. The van der Waals surface area contributed by atoms with Gasteiger partial charge in [-0.25, -0.2) is 8.42 Å². The summed E-state index contributed by atoms with van der Waals surface area (Å²) in [7, 11) is -3.63. The second-order valence-electron chi connectivity index (χ2n) is 7.01. The van der Waals surface area contributed by atoms with Gasteiger partial charge in [0.15, 0.2) is 11.5 Å². The van der Waals surface area contributed by atoms with E-state index in [1.165, 1.54) is 4.31 Å². The van der Waals surface area contributed by atoms with Crippen molar-refractivity contribution in [2.45, 2.75) is 11.3 Å². The highest BCUT2D eigenvalue weighted by molar-refractivity contribution is 7.92. The first kappa shape index (κ1) is 18.5. The molecule has 2 aliphatic heterocycles. The molecular formula is C22H18N2O5S. The molecule has 0 aromatic heterocycles. The van der Waals surface area contributed by atoms with Crippen molar-refractivity contribution < 1.29 is 22.7 Å². The number of ether oxygens (including phenoxy) is 2. The number of carbonyl (C=O) groups excluding carboxylic acids is 1. The molecule has 152 valence electrons. The number of anilines is 2. The van der Waals surface area contributed by atoms with Crippen LogP contribution in [0, 0.1) is 0 Å². The van der Waals surface area contributed by atoms with E-state index in [-0.39, 0.29) is 17.6 Å². The van der Waals surface area contributed by atoms with Gasteiger partial charge in [-0.15, -0.1) is 0 Å². The molecule has 0 radical (unpaired) electrons. The Morgan fingerprint density at radius 2 is 1.73 bits per heavy atom. The highest BCUT2D eigenvalue weighted by Gasteiger charge is 2.31. The number of rotatable bonds is 4. The van der Waals surface area contributed by atoms with Crippen LogP contribution in [0.2, 0.25) is 0 Å². The van der Waals surface area contributed by atoms with E-state index in [9.17, 15) is 13.2 Å². The van der Waals surface area contributed by atoms with Gasteiger partial charge in [0.25, 0.3) is 15.9 Å². The molecule has 0 atom stereocenters. The number of benzene rings is 3. The number of carbonyl (C=O) groups is 1. The van der Waals surface area contributed by atoms with E-state index in [2.05, 4.69) is 5.32 Å². The highest BCUT2D eigenvalue weighted by Crippen LogP contribution is 2.35. The first-order valence-corrected chi connectivity index (χ1v) is 10.9. The van der Waals surface area contributed by atoms with Gasteiger partial charge < -0.3 is 14.8 Å². The Morgan fingerprint density at radius 3 is 2.57 bits per heavy atom. The number of sulfonamides is 1. The largest absolute Gasteiger partial charge is 0.454 e. The lowest BCUT2D eigenvalue weighted by molar-refractivity contribution is 0.102. The van der Waals surface area contributed by atoms with Crippen LogP contribution in [-0.4, -0.2) is 27.7 Å². The van der Waals surface area contributed by atoms with E-state index in [1.807, 2.05) is 0 Å². The summed E-state index contributed by atoms with van der Waals surface area (Å²) in [6, 6.07) is 18.6. The minimum atomic E-state index is -3.63. The van der Waals surface area contributed by atoms with Gasteiger partial charge in [-0.05, 0) is 54.4 Å². The Hall–Kier alpha value is -3.52. The Labute approximate surface area is 173 Å². The summed E-state index contributed by atoms with van der Waals surface area (Å²) in [4.78, 5) is 13.0. The average molecular weight is 422 g/mol. The molecule has 30 heavy (non-hydrogen) atoms. The Kier molecular flexibility index (Phi) is 4.36. The standard InChI is InChI=1S/C22H18N2O5S/c25-22(23-17-7-9-20-21(13-17)29-14-28-20)16-6-8-19-15(12-16)10-11-24(19)30(26,27)18-4-2-1-3-5-18/h1-9,12-13H,10-11,14H2,(H,23,25). The smallest absolute Gasteiger partial charge is 0.264 e. The van der Waals surface area contributed by atoms with Crippen LogP contribution in [0.5, 0.6) is 11.5 Å². The van der Waals surface area contributed by atoms with Gasteiger partial charge in [0.2, 0.25) is 6.79 Å². The van der Waals surface area contributed by atoms with Crippen LogP contribution in [0.1, 0.15) is 15.9 Å². The molecule has 1 N–H and O–H groups in total. The molecule has 0 spiro atoms. The maximum atomic E-state index is 13.0. The van der Waals surface area contributed by atoms with Crippen molar-refractivity contribution in [3.8, 4) is 11.5 Å². The third-order valence-corrected chi connectivity index (χ3v) is 6.98. The van der Waals surface area contributed by atoms with E-state index < -0.39 is 10.0 Å². The first-order valence-electron chi connectivity index (χ1n) is 9.44. The van der Waals surface area contributed by atoms with Crippen LogP contribution < -0.4 is 19.1 Å². The van der Waals surface area contributed by atoms with Crippen molar-refractivity contribution in [3.63, 3.8) is 0 Å². The third-order valence-electron chi connectivity index (χ3n) is 5.16. The fourth-order valence-electron chi connectivity index (χ4n) is 3.66. The average Bonchev–Trinajstić information content (AvgIpc) is 3.40. The molecule has 1 amide bonds. The summed E-state index contributed by atoms with van der Waals surface area (Å²) in [6.45, 7) is 0.514. The molecule has 2 heterocycles. The maximum Gasteiger partial charge on any atom is 0.264 e. The number of fused-ring (bicyclic) bond motifs is 2. The topological polar surface area (TPSA) is 84.9 Å². The third kappa shape index (κ3) is 3.15. The highest BCUT2D eigenvalue weighted by atomic mass is 32.2. The lowest BCUT2D eigenvalue weighted by atomic mass is 10.1. The number of hydrogen-bond donors (Lipinski definition) is 1. The Bertz CT molecular complexity index is 1240. The summed E-state index contributed by atoms with van der Waals surface area (Å²) in [5.41, 5.74) is 2.50. The monoisotopic (exact) mass is 422 g/mol. The van der Waals surface area contributed by atoms with Crippen molar-refractivity contribution >= 4 is 27.3 Å². The molecule has 0 saturated carbocycles. The van der Waals surface area contributed by atoms with Gasteiger partial charge in [0, 0.05) is 23.9 Å². The summed E-state index contributed by atoms with van der Waals surface area (Å²) in [5, 5.41) is 2.84. The molecule has 0 bridgehead atoms. The van der Waals surface area contributed by atoms with Crippen LogP contribution in [-0.2, 0) is 16.4 Å². The van der Waals surface area contributed by atoms with E-state index in [0.29, 0.717) is 41.4 Å². The predicted octanol–water partition coefficient (Wildman–Crippen LogP) is 3.42. The molecular weight excluding hydrogens is 404 g/mol. The zero-order valence-corrected chi connectivity index (χ0v) is 16.7. The predicted molar refractivity (Wildman–Crippen MR) is 112 cm³/mol. The van der Waals surface area contributed by atoms with Crippen molar-refractivity contribution in [1.29, 1.82) is 0 Å². The van der Waals surface area contributed by atoms with E-state index in [0.717, 1.165) is 5.56 Å². The number of nitrogens with one attached hydrogen (secondary N) is 1. The van der Waals surface area contributed by atoms with Gasteiger partial charge in [0.05, 0.1) is 10.6 Å². The normalized spacial score (nSPS) is 14.5. The zero-order chi connectivity index (χ0) is 20.7. The fourth-order valence-corrected chi connectivity index (χ4v) is 5.18. The Morgan fingerprint density at radius 1 is 0.933 bits per heavy atom. The minimum Gasteiger partial charge on any atom is -0.454 e. The Balaban J connectivity index is 1.38. The van der Waals surface area contributed by atoms with Crippen molar-refractivity contribution in [3.05, 3.63) is 77.9 Å². The molecule has 0 fully saturated rings. The molecule has 7 nitrogen and oxygen atoms in total. The van der Waals surface area contributed by atoms with Gasteiger partial charge in [0.1, 0.15) is 0 Å². The van der Waals surface area contributed by atoms with Crippen LogP contribution in [0.15, 0.2) is 71.6 Å². The zero-order valence-electron chi connectivity index (χ0n) is 15.9. The fraction of sp³-hybridized carbons (Fsp3) is 0.136. The SMILES string of the molecule is O=C(Nc1ccc2c(c1)OCO2)c1ccc2c(c1)CCN2S(=O)(=O)c1ccccc1. The molecule has 2 aliphatic rings. The summed E-state index contributed by atoms with van der Waals surface area (Å²) in [6.07, 6.45) is 0.548. The van der Waals surface area contributed by atoms with Crippen molar-refractivity contribution in [2.24, 2.45) is 0 Å². The van der Waals surface area contributed by atoms with Crippen LogP contribution in [0.25, 0.3) is 0 Å². The van der Waals surface area contributed by atoms with Gasteiger partial charge in [-0.2, -0.15) is 0 Å². The van der Waals surface area contributed by atoms with Crippen molar-refractivity contribution in [2.75, 3.05) is 23.0 Å². The number of amides is 1. The van der Waals surface area contributed by atoms with Gasteiger partial charge >= 0.3 is 0 Å². The second-order valence-corrected chi connectivity index (χ2v) is 8.87. The van der Waals surface area contributed by atoms with Gasteiger partial charge in [-0.1, -0.05) is 18.2 Å². The molecule has 3 aromatic carbocycles. The van der Waals surface area contributed by atoms with E-state index in [4.69, 9.17) is 9.47 Å². The van der Waals surface area contributed by atoms with Crippen LogP contribution in [0.3, 0.4) is 0 Å². The summed E-state index contributed by atoms with van der Waals surface area (Å²) >= 11 is 0. The van der Waals surface area contributed by atoms with Crippen LogP contribution in [0.4, 0.5) is 11.4 Å². The molecule has 0 saturated heterocycles. The minimum absolute atomic E-state index is 0.167. The molecule has 8 heteroatoms. The lowest BCUT2D eigenvalue weighted by Gasteiger charge is -2.19. The maximum absolute atomic E-state index is 13.0. The molecule has 0 aliphatic carbocycles.